The highest BCUT2D eigenvalue weighted by Gasteiger charge is 2.25. The molecule has 2 N–H and O–H groups in total. The summed E-state index contributed by atoms with van der Waals surface area (Å²) < 4.78 is 5.40. The van der Waals surface area contributed by atoms with E-state index in [1.807, 2.05) is 24.3 Å². The van der Waals surface area contributed by atoms with Crippen LogP contribution in [0.4, 0.5) is 5.82 Å². The fraction of sp³-hybridized carbons (Fsp3) is 0.471. The first-order valence-electron chi connectivity index (χ1n) is 7.46. The first-order valence-corrected chi connectivity index (χ1v) is 7.46. The molecule has 0 saturated carbocycles. The number of aliphatic hydroxyl groups is 1. The number of ether oxygens (including phenoxy) is 1. The average molecular weight is 288 g/mol. The second-order valence-electron chi connectivity index (χ2n) is 5.43. The maximum Gasteiger partial charge on any atom is 0.133 e. The molecule has 0 aliphatic rings. The van der Waals surface area contributed by atoms with Crippen LogP contribution in [0.25, 0.3) is 10.8 Å². The first kappa shape index (κ1) is 15.6. The third-order valence-corrected chi connectivity index (χ3v) is 4.45. The number of fused-ring (bicyclic) bond motifs is 1. The maximum absolute atomic E-state index is 9.67. The summed E-state index contributed by atoms with van der Waals surface area (Å²) in [5.74, 6) is 1.68. The molecule has 0 fully saturated rings. The van der Waals surface area contributed by atoms with E-state index < -0.39 is 0 Å². The summed E-state index contributed by atoms with van der Waals surface area (Å²) in [5, 5.41) is 15.2. The number of nitrogens with one attached hydrogen (secondary N) is 1. The molecule has 2 aromatic rings. The summed E-state index contributed by atoms with van der Waals surface area (Å²) in [6, 6.07) is 7.90. The second-order valence-corrected chi connectivity index (χ2v) is 5.43. The van der Waals surface area contributed by atoms with Gasteiger partial charge in [-0.15, -0.1) is 0 Å². The molecule has 2 rings (SSSR count). The molecule has 0 bridgehead atoms. The Hall–Kier alpha value is -1.81. The molecule has 1 aromatic heterocycles. The number of benzene rings is 1. The lowest BCUT2D eigenvalue weighted by molar-refractivity contribution is 0.127. The van der Waals surface area contributed by atoms with Crippen molar-refractivity contribution >= 4 is 16.6 Å². The smallest absolute Gasteiger partial charge is 0.133 e. The normalized spacial score (nSPS) is 11.6. The molecule has 4 heteroatoms. The standard InChI is InChI=1S/C17H24N2O2/c1-4-17(5-2,12-20)11-19-16-14-7-6-8-15(21-3)13(14)9-10-18-16/h6-10,20H,4-5,11-12H2,1-3H3,(H,18,19). The summed E-state index contributed by atoms with van der Waals surface area (Å²) >= 11 is 0. The number of rotatable bonds is 7. The quantitative estimate of drug-likeness (QED) is 0.819. The first-order chi connectivity index (χ1) is 10.2. The van der Waals surface area contributed by atoms with Gasteiger partial charge in [0.05, 0.1) is 13.7 Å². The van der Waals surface area contributed by atoms with Gasteiger partial charge in [0.25, 0.3) is 0 Å². The summed E-state index contributed by atoms with van der Waals surface area (Å²) in [5.41, 5.74) is -0.0945. The van der Waals surface area contributed by atoms with Crippen molar-refractivity contribution in [2.45, 2.75) is 26.7 Å². The molecule has 0 saturated heterocycles. The Morgan fingerprint density at radius 2 is 1.95 bits per heavy atom. The number of anilines is 1. The van der Waals surface area contributed by atoms with E-state index in [0.717, 1.165) is 35.2 Å². The van der Waals surface area contributed by atoms with Gasteiger partial charge in [-0.1, -0.05) is 26.0 Å². The van der Waals surface area contributed by atoms with Crippen LogP contribution in [-0.2, 0) is 0 Å². The lowest BCUT2D eigenvalue weighted by Crippen LogP contribution is -2.32. The maximum atomic E-state index is 9.67. The summed E-state index contributed by atoms with van der Waals surface area (Å²) in [6.07, 6.45) is 3.65. The van der Waals surface area contributed by atoms with Crippen LogP contribution in [0.15, 0.2) is 30.5 Å². The molecule has 0 aliphatic carbocycles. The van der Waals surface area contributed by atoms with Crippen LogP contribution in [0.5, 0.6) is 5.75 Å². The molecule has 114 valence electrons. The molecule has 1 heterocycles. The van der Waals surface area contributed by atoms with Crippen molar-refractivity contribution in [1.29, 1.82) is 0 Å². The van der Waals surface area contributed by atoms with E-state index in [-0.39, 0.29) is 12.0 Å². The predicted molar refractivity (Wildman–Crippen MR) is 86.9 cm³/mol. The van der Waals surface area contributed by atoms with Gasteiger partial charge < -0.3 is 15.2 Å². The Labute approximate surface area is 126 Å². The Morgan fingerprint density at radius 3 is 2.57 bits per heavy atom. The van der Waals surface area contributed by atoms with E-state index in [1.165, 1.54) is 0 Å². The van der Waals surface area contributed by atoms with Crippen LogP contribution >= 0.6 is 0 Å². The largest absolute Gasteiger partial charge is 0.496 e. The number of pyridine rings is 1. The summed E-state index contributed by atoms with van der Waals surface area (Å²) in [7, 11) is 1.67. The minimum atomic E-state index is -0.0945. The van der Waals surface area contributed by atoms with Gasteiger partial charge in [-0.3, -0.25) is 0 Å². The summed E-state index contributed by atoms with van der Waals surface area (Å²) in [6.45, 7) is 5.11. The van der Waals surface area contributed by atoms with Gasteiger partial charge >= 0.3 is 0 Å². The van der Waals surface area contributed by atoms with Crippen molar-refractivity contribution < 1.29 is 9.84 Å². The minimum absolute atomic E-state index is 0.0945. The van der Waals surface area contributed by atoms with Crippen molar-refractivity contribution in [2.75, 3.05) is 25.6 Å². The predicted octanol–water partition coefficient (Wildman–Crippen LogP) is 3.45. The summed E-state index contributed by atoms with van der Waals surface area (Å²) in [4.78, 5) is 4.44. The van der Waals surface area contributed by atoms with Crippen LogP contribution in [0.2, 0.25) is 0 Å². The highest BCUT2D eigenvalue weighted by atomic mass is 16.5. The van der Waals surface area contributed by atoms with E-state index in [1.54, 1.807) is 13.3 Å². The van der Waals surface area contributed by atoms with Gasteiger partial charge in [-0.05, 0) is 25.0 Å². The highest BCUT2D eigenvalue weighted by molar-refractivity contribution is 5.95. The van der Waals surface area contributed by atoms with Gasteiger partial charge in [0.2, 0.25) is 0 Å². The zero-order valence-electron chi connectivity index (χ0n) is 13.0. The van der Waals surface area contributed by atoms with Crippen LogP contribution in [-0.4, -0.2) is 30.4 Å². The molecule has 0 amide bonds. The number of aliphatic hydroxyl groups excluding tert-OH is 1. The Kier molecular flexibility index (Phi) is 5.02. The highest BCUT2D eigenvalue weighted by Crippen LogP contribution is 2.31. The molecule has 0 unspecified atom stereocenters. The fourth-order valence-corrected chi connectivity index (χ4v) is 2.55. The number of nitrogens with zero attached hydrogens (tertiary/aromatic N) is 1. The Balaban J connectivity index is 2.31. The fourth-order valence-electron chi connectivity index (χ4n) is 2.55. The van der Waals surface area contributed by atoms with Gasteiger partial charge in [-0.25, -0.2) is 4.98 Å². The molecule has 0 atom stereocenters. The van der Waals surface area contributed by atoms with E-state index in [0.29, 0.717) is 6.54 Å². The van der Waals surface area contributed by atoms with Crippen molar-refractivity contribution in [2.24, 2.45) is 5.41 Å². The zero-order valence-corrected chi connectivity index (χ0v) is 13.0. The molecule has 0 aliphatic heterocycles. The van der Waals surface area contributed by atoms with Crippen LogP contribution in [0.1, 0.15) is 26.7 Å². The minimum Gasteiger partial charge on any atom is -0.496 e. The average Bonchev–Trinajstić information content (AvgIpc) is 2.56. The SMILES string of the molecule is CCC(CC)(CO)CNc1nccc2c(OC)cccc12. The van der Waals surface area contributed by atoms with Gasteiger partial charge in [0, 0.05) is 28.9 Å². The molecule has 1 aromatic carbocycles. The Bertz CT molecular complexity index is 586. The second kappa shape index (κ2) is 6.76. The number of hydrogen-bond acceptors (Lipinski definition) is 4. The molecular weight excluding hydrogens is 264 g/mol. The number of methoxy groups -OCH3 is 1. The van der Waals surface area contributed by atoms with Crippen molar-refractivity contribution in [3.05, 3.63) is 30.5 Å². The lowest BCUT2D eigenvalue weighted by Gasteiger charge is -2.30. The number of aromatic nitrogens is 1. The van der Waals surface area contributed by atoms with Crippen molar-refractivity contribution in [1.82, 2.24) is 4.98 Å². The molecule has 4 nitrogen and oxygen atoms in total. The van der Waals surface area contributed by atoms with E-state index in [2.05, 4.69) is 24.1 Å². The van der Waals surface area contributed by atoms with Crippen LogP contribution in [0, 0.1) is 5.41 Å². The molecule has 0 radical (unpaired) electrons. The van der Waals surface area contributed by atoms with Crippen LogP contribution < -0.4 is 10.1 Å². The Morgan fingerprint density at radius 1 is 1.19 bits per heavy atom. The monoisotopic (exact) mass is 288 g/mol. The van der Waals surface area contributed by atoms with Gasteiger partial charge in [0.15, 0.2) is 0 Å². The molecular formula is C17H24N2O2. The third kappa shape index (κ3) is 3.10. The third-order valence-electron chi connectivity index (χ3n) is 4.45. The van der Waals surface area contributed by atoms with Gasteiger partial charge in [-0.2, -0.15) is 0 Å². The van der Waals surface area contributed by atoms with Crippen LogP contribution in [0.3, 0.4) is 0 Å². The number of hydrogen-bond donors (Lipinski definition) is 2. The zero-order chi connectivity index (χ0) is 15.3. The van der Waals surface area contributed by atoms with E-state index in [9.17, 15) is 5.11 Å². The van der Waals surface area contributed by atoms with Crippen molar-refractivity contribution in [3.8, 4) is 5.75 Å². The van der Waals surface area contributed by atoms with E-state index >= 15 is 0 Å². The van der Waals surface area contributed by atoms with Gasteiger partial charge in [0.1, 0.15) is 11.6 Å². The van der Waals surface area contributed by atoms with Crippen molar-refractivity contribution in [3.63, 3.8) is 0 Å². The molecule has 0 spiro atoms. The lowest BCUT2D eigenvalue weighted by atomic mass is 9.83. The topological polar surface area (TPSA) is 54.4 Å². The van der Waals surface area contributed by atoms with E-state index in [4.69, 9.17) is 4.74 Å². The molecule has 21 heavy (non-hydrogen) atoms.